The minimum absolute atomic E-state index is 0.652. The van der Waals surface area contributed by atoms with Crippen molar-refractivity contribution in [3.63, 3.8) is 0 Å². The molecule has 0 amide bonds. The molecular formula is C31H23N5O2. The van der Waals surface area contributed by atoms with E-state index in [-0.39, 0.29) is 0 Å². The smallest absolute Gasteiger partial charge is 0.150 e. The van der Waals surface area contributed by atoms with Gasteiger partial charge in [-0.1, -0.05) is 13.2 Å². The Kier molecular flexibility index (Phi) is 6.00. The molecule has 0 spiro atoms. The van der Waals surface area contributed by atoms with Crippen LogP contribution in [-0.2, 0) is 9.47 Å². The molecule has 184 valence electrons. The van der Waals surface area contributed by atoms with E-state index in [1.54, 1.807) is 30.9 Å². The van der Waals surface area contributed by atoms with Gasteiger partial charge in [0.25, 0.3) is 0 Å². The highest BCUT2D eigenvalue weighted by Crippen LogP contribution is 2.27. The second-order valence-corrected chi connectivity index (χ2v) is 8.42. The van der Waals surface area contributed by atoms with Gasteiger partial charge in [-0.2, -0.15) is 0 Å². The number of nitrogens with zero attached hydrogens (tertiary/aromatic N) is 5. The first-order valence-corrected chi connectivity index (χ1v) is 12.0. The Morgan fingerprint density at radius 1 is 0.711 bits per heavy atom. The summed E-state index contributed by atoms with van der Waals surface area (Å²) in [6.07, 6.45) is 23.9. The fraction of sp³-hybridized carbons (Fsp3) is 0. The second kappa shape index (κ2) is 9.91. The Bertz CT molecular complexity index is 1710. The molecule has 7 heteroatoms. The number of fused-ring (bicyclic) bond motifs is 3. The molecule has 2 aromatic heterocycles. The molecule has 6 rings (SSSR count). The first kappa shape index (κ1) is 23.0. The van der Waals surface area contributed by atoms with E-state index < -0.39 is 0 Å². The van der Waals surface area contributed by atoms with E-state index >= 15 is 0 Å². The Hall–Kier alpha value is -5.43. The van der Waals surface area contributed by atoms with Gasteiger partial charge in [0.2, 0.25) is 0 Å². The monoisotopic (exact) mass is 497 g/mol. The molecule has 0 atom stereocenters. The summed E-state index contributed by atoms with van der Waals surface area (Å²) < 4.78 is 15.7. The molecule has 38 heavy (non-hydrogen) atoms. The van der Waals surface area contributed by atoms with Crippen LogP contribution in [0.5, 0.6) is 0 Å². The van der Waals surface area contributed by atoms with Crippen LogP contribution in [0.1, 0.15) is 22.8 Å². The van der Waals surface area contributed by atoms with Crippen LogP contribution in [0.3, 0.4) is 0 Å². The van der Waals surface area contributed by atoms with E-state index in [1.165, 1.54) is 0 Å². The van der Waals surface area contributed by atoms with Crippen LogP contribution in [0.4, 0.5) is 0 Å². The minimum Gasteiger partial charge on any atom is -0.463 e. The predicted molar refractivity (Wildman–Crippen MR) is 150 cm³/mol. The number of rotatable bonds is 6. The number of hydrogen-bond donors (Lipinski definition) is 0. The van der Waals surface area contributed by atoms with Crippen LogP contribution < -0.4 is 0 Å². The van der Waals surface area contributed by atoms with E-state index in [2.05, 4.69) is 28.3 Å². The molecule has 4 aliphatic heterocycles. The molecule has 0 fully saturated rings. The van der Waals surface area contributed by atoms with E-state index in [0.29, 0.717) is 22.9 Å². The van der Waals surface area contributed by atoms with E-state index in [1.807, 2.05) is 94.4 Å². The van der Waals surface area contributed by atoms with Gasteiger partial charge in [0.05, 0.1) is 41.5 Å². The zero-order chi connectivity index (χ0) is 25.9. The standard InChI is InChI=1S/C31H23N5O2/c1-3-28-30(37-19-15-23-7-5-17-35(23)28)13-10-22-9-11-25-26(33-34-27(25)21-32-22)12-14-31-29(4-2)36-18-6-8-24(36)16-20-38-31/h3-21H,1-2H2/b13-10+,14-12+. The Labute approximate surface area is 220 Å². The molecule has 2 aromatic rings. The lowest BCUT2D eigenvalue weighted by atomic mass is 10.1. The molecule has 0 bridgehead atoms. The van der Waals surface area contributed by atoms with E-state index in [4.69, 9.17) is 9.47 Å². The summed E-state index contributed by atoms with van der Waals surface area (Å²) in [4.78, 5) is 4.58. The Balaban J connectivity index is 1.30. The van der Waals surface area contributed by atoms with Gasteiger partial charge in [-0.25, -0.2) is 0 Å². The van der Waals surface area contributed by atoms with Crippen molar-refractivity contribution >= 4 is 35.7 Å². The highest BCUT2D eigenvalue weighted by Gasteiger charge is 2.14. The van der Waals surface area contributed by atoms with Crippen LogP contribution in [-0.4, -0.2) is 24.3 Å². The van der Waals surface area contributed by atoms with Crippen LogP contribution in [0.2, 0.25) is 0 Å². The van der Waals surface area contributed by atoms with Crippen molar-refractivity contribution in [1.82, 2.24) is 24.3 Å². The first-order valence-electron chi connectivity index (χ1n) is 12.0. The largest absolute Gasteiger partial charge is 0.463 e. The number of hydrogen-bond acceptors (Lipinski definition) is 5. The van der Waals surface area contributed by atoms with Crippen molar-refractivity contribution in [2.24, 2.45) is 0 Å². The van der Waals surface area contributed by atoms with Crippen LogP contribution in [0.15, 0.2) is 116 Å². The van der Waals surface area contributed by atoms with E-state index in [0.717, 1.165) is 34.0 Å². The van der Waals surface area contributed by atoms with Gasteiger partial charge in [0.15, 0.2) is 11.5 Å². The van der Waals surface area contributed by atoms with Gasteiger partial charge >= 0.3 is 0 Å². The number of allylic oxidation sites excluding steroid dienone is 6. The van der Waals surface area contributed by atoms with Crippen LogP contribution in [0, 0.1) is 0 Å². The minimum atomic E-state index is 0.652. The highest BCUT2D eigenvalue weighted by molar-refractivity contribution is 5.75. The molecule has 7 nitrogen and oxygen atoms in total. The summed E-state index contributed by atoms with van der Waals surface area (Å²) in [5.41, 5.74) is 6.72. The number of ether oxygens (including phenoxy) is 2. The molecule has 6 heterocycles. The third kappa shape index (κ3) is 4.22. The van der Waals surface area contributed by atoms with Gasteiger partial charge in [0.1, 0.15) is 5.69 Å². The lowest BCUT2D eigenvalue weighted by molar-refractivity contribution is 0.374. The maximum absolute atomic E-state index is 5.85. The molecule has 0 aliphatic carbocycles. The van der Waals surface area contributed by atoms with Crippen LogP contribution >= 0.6 is 0 Å². The van der Waals surface area contributed by atoms with E-state index in [9.17, 15) is 0 Å². The average Bonchev–Trinajstić information content (AvgIpc) is 3.59. The highest BCUT2D eigenvalue weighted by atomic mass is 16.5. The molecule has 0 saturated carbocycles. The van der Waals surface area contributed by atoms with Crippen molar-refractivity contribution in [2.75, 3.05) is 0 Å². The topological polar surface area (TPSA) is 67.0 Å². The number of aromatic nitrogens is 5. The zero-order valence-corrected chi connectivity index (χ0v) is 20.4. The first-order chi connectivity index (χ1) is 18.7. The fourth-order valence-electron chi connectivity index (χ4n) is 4.36. The summed E-state index contributed by atoms with van der Waals surface area (Å²) in [7, 11) is 0. The quantitative estimate of drug-likeness (QED) is 0.296. The molecule has 0 unspecified atom stereocenters. The maximum atomic E-state index is 5.85. The third-order valence-corrected chi connectivity index (χ3v) is 6.21. The van der Waals surface area contributed by atoms with Crippen molar-refractivity contribution in [2.45, 2.75) is 0 Å². The SMILES string of the molecule is C=CC1=C(/C=C/c2ccc3c(/C=C/C4=C(C=C)n5cccc5C=CO4)nnc-3cn2)OC=Cc2cccn21. The molecule has 0 radical (unpaired) electrons. The molecule has 0 N–H and O–H groups in total. The molecule has 0 saturated heterocycles. The third-order valence-electron chi connectivity index (χ3n) is 6.21. The maximum Gasteiger partial charge on any atom is 0.150 e. The lowest BCUT2D eigenvalue weighted by Crippen LogP contribution is -1.97. The molecular weight excluding hydrogens is 474 g/mol. The zero-order valence-electron chi connectivity index (χ0n) is 20.4. The van der Waals surface area contributed by atoms with Gasteiger partial charge in [0, 0.05) is 29.3 Å². The van der Waals surface area contributed by atoms with Gasteiger partial charge in [-0.05, 0) is 85.0 Å². The normalized spacial score (nSPS) is 14.8. The van der Waals surface area contributed by atoms with Crippen molar-refractivity contribution in [1.29, 1.82) is 0 Å². The van der Waals surface area contributed by atoms with Crippen LogP contribution in [0.25, 0.3) is 47.0 Å². The predicted octanol–water partition coefficient (Wildman–Crippen LogP) is 6.72. The van der Waals surface area contributed by atoms with Crippen molar-refractivity contribution < 1.29 is 9.47 Å². The van der Waals surface area contributed by atoms with Crippen molar-refractivity contribution in [3.05, 3.63) is 139 Å². The summed E-state index contributed by atoms with van der Waals surface area (Å²) in [5.74, 6) is 1.32. The average molecular weight is 498 g/mol. The lowest BCUT2D eigenvalue weighted by Gasteiger charge is -2.08. The summed E-state index contributed by atoms with van der Waals surface area (Å²) >= 11 is 0. The molecule has 4 aliphatic rings. The Morgan fingerprint density at radius 3 is 1.97 bits per heavy atom. The summed E-state index contributed by atoms with van der Waals surface area (Å²) in [5, 5.41) is 8.65. The second-order valence-electron chi connectivity index (χ2n) is 8.42. The summed E-state index contributed by atoms with van der Waals surface area (Å²) in [6, 6.07) is 11.9. The van der Waals surface area contributed by atoms with Gasteiger partial charge < -0.3 is 18.6 Å². The van der Waals surface area contributed by atoms with Gasteiger partial charge in [-0.3, -0.25) is 4.98 Å². The van der Waals surface area contributed by atoms with Crippen molar-refractivity contribution in [3.8, 4) is 11.3 Å². The Morgan fingerprint density at radius 2 is 1.34 bits per heavy atom. The molecule has 0 aromatic carbocycles. The van der Waals surface area contributed by atoms with Gasteiger partial charge in [-0.15, -0.1) is 10.2 Å². The summed E-state index contributed by atoms with van der Waals surface area (Å²) in [6.45, 7) is 7.91. The fourth-order valence-corrected chi connectivity index (χ4v) is 4.36.